The van der Waals surface area contributed by atoms with E-state index >= 15 is 0 Å². The molecular weight excluding hydrogens is 197 g/mol. The van der Waals surface area contributed by atoms with Crippen LogP contribution >= 0.6 is 10.5 Å². The summed E-state index contributed by atoms with van der Waals surface area (Å²) < 4.78 is 36.6. The minimum Gasteiger partial charge on any atom is -0.166 e. The second kappa shape index (κ2) is 3.54. The number of benzene rings is 1. The molecule has 0 aromatic heterocycles. The van der Waals surface area contributed by atoms with Gasteiger partial charge < -0.3 is 0 Å². The van der Waals surface area contributed by atoms with Crippen LogP contribution in [0.2, 0.25) is 0 Å². The van der Waals surface area contributed by atoms with Gasteiger partial charge in [0.05, 0.1) is 5.56 Å². The Morgan fingerprint density at radius 3 is 2.38 bits per heavy atom. The van der Waals surface area contributed by atoms with Gasteiger partial charge >= 0.3 is 6.18 Å². The highest BCUT2D eigenvalue weighted by atomic mass is 32.2. The predicted molar refractivity (Wildman–Crippen MR) is 50.3 cm³/mol. The molecule has 0 fully saturated rings. The lowest BCUT2D eigenvalue weighted by Crippen LogP contribution is -2.04. The summed E-state index contributed by atoms with van der Waals surface area (Å²) in [6.07, 6.45) is -2.47. The van der Waals surface area contributed by atoms with Crippen LogP contribution in [-0.4, -0.2) is 12.1 Å². The van der Waals surface area contributed by atoms with E-state index in [0.717, 1.165) is 12.1 Å². The molecule has 0 aliphatic heterocycles. The average molecular weight is 206 g/mol. The van der Waals surface area contributed by atoms with Crippen molar-refractivity contribution < 1.29 is 13.2 Å². The smallest absolute Gasteiger partial charge is 0.166 e. The molecule has 1 rings (SSSR count). The molecule has 0 heterocycles. The molecule has 0 saturated carbocycles. The van der Waals surface area contributed by atoms with Gasteiger partial charge in [-0.1, -0.05) is 11.9 Å². The van der Waals surface area contributed by atoms with Crippen LogP contribution in [0.25, 0.3) is 0 Å². The fourth-order valence-electron chi connectivity index (χ4n) is 0.889. The number of hydrogen-bond donors (Lipinski definition) is 0. The van der Waals surface area contributed by atoms with Gasteiger partial charge in [-0.15, -0.1) is 0 Å². The molecule has 0 aliphatic carbocycles. The van der Waals surface area contributed by atoms with Gasteiger partial charge in [0.25, 0.3) is 0 Å². The van der Waals surface area contributed by atoms with Gasteiger partial charge in [0.1, 0.15) is 0 Å². The number of halogens is 3. The van der Waals surface area contributed by atoms with E-state index in [1.54, 1.807) is 12.3 Å². The fraction of sp³-hybridized carbons (Fsp3) is 0.222. The van der Waals surface area contributed by atoms with Crippen molar-refractivity contribution in [3.8, 4) is 0 Å². The normalized spacial score (nSPS) is 14.2. The highest BCUT2D eigenvalue weighted by Crippen LogP contribution is 2.32. The van der Waals surface area contributed by atoms with Crippen molar-refractivity contribution in [1.82, 2.24) is 0 Å². The molecule has 0 bridgehead atoms. The summed E-state index contributed by atoms with van der Waals surface area (Å²) in [5.74, 6) is 3.69. The number of alkyl halides is 3. The van der Waals surface area contributed by atoms with Gasteiger partial charge in [0, 0.05) is 4.90 Å². The Balaban J connectivity index is 3.13. The average Bonchev–Trinajstić information content (AvgIpc) is 2.03. The summed E-state index contributed by atoms with van der Waals surface area (Å²) in [5.41, 5.74) is -0.604. The summed E-state index contributed by atoms with van der Waals surface area (Å²) >= 11 is 0. The molecule has 0 nitrogen and oxygen atoms in total. The lowest BCUT2D eigenvalue weighted by Gasteiger charge is -2.08. The molecule has 1 aromatic carbocycles. The minimum atomic E-state index is -4.25. The Hall–Kier alpha value is -0.770. The van der Waals surface area contributed by atoms with Crippen LogP contribution in [0, 0.1) is 0 Å². The van der Waals surface area contributed by atoms with Gasteiger partial charge in [-0.05, 0) is 24.5 Å². The van der Waals surface area contributed by atoms with Gasteiger partial charge in [-0.25, -0.2) is 0 Å². The Bertz CT molecular complexity index is 328. The standard InChI is InChI=1S/C9H9F3S/c1-13(2)8-5-3-4-7(6-8)9(10,11)12/h3-6H,1H2,2H3. The monoisotopic (exact) mass is 206 g/mol. The summed E-state index contributed by atoms with van der Waals surface area (Å²) in [6, 6.07) is 5.28. The van der Waals surface area contributed by atoms with E-state index in [9.17, 15) is 13.2 Å². The predicted octanol–water partition coefficient (Wildman–Crippen LogP) is 3.40. The Kier molecular flexibility index (Phi) is 2.81. The topological polar surface area (TPSA) is 0 Å². The highest BCUT2D eigenvalue weighted by molar-refractivity contribution is 8.13. The molecule has 0 saturated heterocycles. The second-order valence-corrected chi connectivity index (χ2v) is 4.41. The fourth-order valence-corrected chi connectivity index (χ4v) is 1.53. The third-order valence-corrected chi connectivity index (χ3v) is 2.62. The highest BCUT2D eigenvalue weighted by Gasteiger charge is 2.30. The molecule has 13 heavy (non-hydrogen) atoms. The maximum atomic E-state index is 12.2. The van der Waals surface area contributed by atoms with Crippen molar-refractivity contribution in [2.45, 2.75) is 11.1 Å². The first-order valence-electron chi connectivity index (χ1n) is 3.54. The van der Waals surface area contributed by atoms with Gasteiger partial charge in [0.15, 0.2) is 0 Å². The van der Waals surface area contributed by atoms with Crippen molar-refractivity contribution in [1.29, 1.82) is 0 Å². The lowest BCUT2D eigenvalue weighted by atomic mass is 10.2. The zero-order valence-electron chi connectivity index (χ0n) is 7.06. The number of rotatable bonds is 1. The molecule has 0 spiro atoms. The first-order chi connectivity index (χ1) is 5.91. The molecule has 1 atom stereocenters. The second-order valence-electron chi connectivity index (χ2n) is 2.66. The third-order valence-electron chi connectivity index (χ3n) is 1.56. The van der Waals surface area contributed by atoms with Gasteiger partial charge in [-0.3, -0.25) is 0 Å². The van der Waals surface area contributed by atoms with E-state index in [2.05, 4.69) is 5.87 Å². The molecule has 72 valence electrons. The zero-order chi connectivity index (χ0) is 10.1. The third kappa shape index (κ3) is 2.59. The molecule has 0 aliphatic rings. The van der Waals surface area contributed by atoms with Crippen LogP contribution in [0.4, 0.5) is 13.2 Å². The van der Waals surface area contributed by atoms with Crippen LogP contribution in [0.3, 0.4) is 0 Å². The summed E-state index contributed by atoms with van der Waals surface area (Å²) in [6.45, 7) is 0. The van der Waals surface area contributed by atoms with Crippen LogP contribution in [0.15, 0.2) is 29.2 Å². The SMILES string of the molecule is C=S(C)c1cccc(C(F)(F)F)c1. The maximum absolute atomic E-state index is 12.2. The van der Waals surface area contributed by atoms with Crippen LogP contribution < -0.4 is 0 Å². The molecule has 0 amide bonds. The van der Waals surface area contributed by atoms with Crippen molar-refractivity contribution in [2.24, 2.45) is 0 Å². The molecule has 1 aromatic rings. The molecule has 0 radical (unpaired) electrons. The zero-order valence-corrected chi connectivity index (χ0v) is 7.88. The number of hydrogen-bond acceptors (Lipinski definition) is 0. The van der Waals surface area contributed by atoms with E-state index in [-0.39, 0.29) is 10.5 Å². The first kappa shape index (κ1) is 10.3. The quantitative estimate of drug-likeness (QED) is 0.618. The van der Waals surface area contributed by atoms with Crippen molar-refractivity contribution in [2.75, 3.05) is 6.26 Å². The molecule has 1 unspecified atom stereocenters. The van der Waals surface area contributed by atoms with Crippen molar-refractivity contribution >= 4 is 16.4 Å². The van der Waals surface area contributed by atoms with Crippen LogP contribution in [0.1, 0.15) is 5.56 Å². The van der Waals surface area contributed by atoms with Crippen molar-refractivity contribution in [3.63, 3.8) is 0 Å². The van der Waals surface area contributed by atoms with Crippen LogP contribution in [-0.2, 0) is 6.18 Å². The largest absolute Gasteiger partial charge is 0.416 e. The minimum absolute atomic E-state index is 0.374. The van der Waals surface area contributed by atoms with E-state index in [1.807, 2.05) is 0 Å². The Labute approximate surface area is 77.3 Å². The van der Waals surface area contributed by atoms with E-state index in [1.165, 1.54) is 6.07 Å². The summed E-state index contributed by atoms with van der Waals surface area (Å²) in [4.78, 5) is 0.634. The van der Waals surface area contributed by atoms with E-state index < -0.39 is 11.7 Å². The summed E-state index contributed by atoms with van der Waals surface area (Å²) in [5, 5.41) is 0. The first-order valence-corrected chi connectivity index (χ1v) is 5.34. The van der Waals surface area contributed by atoms with E-state index in [0.29, 0.717) is 4.90 Å². The maximum Gasteiger partial charge on any atom is 0.416 e. The van der Waals surface area contributed by atoms with Crippen LogP contribution in [0.5, 0.6) is 0 Å². The van der Waals surface area contributed by atoms with Gasteiger partial charge in [-0.2, -0.15) is 23.7 Å². The molecule has 0 N–H and O–H groups in total. The van der Waals surface area contributed by atoms with Crippen molar-refractivity contribution in [3.05, 3.63) is 29.8 Å². The lowest BCUT2D eigenvalue weighted by molar-refractivity contribution is -0.137. The Morgan fingerprint density at radius 1 is 1.31 bits per heavy atom. The van der Waals surface area contributed by atoms with Gasteiger partial charge in [0.2, 0.25) is 0 Å². The van der Waals surface area contributed by atoms with E-state index in [4.69, 9.17) is 0 Å². The summed E-state index contributed by atoms with van der Waals surface area (Å²) in [7, 11) is -0.374. The molecular formula is C9H9F3S. The Morgan fingerprint density at radius 2 is 1.92 bits per heavy atom. The molecule has 4 heteroatoms.